The summed E-state index contributed by atoms with van der Waals surface area (Å²) in [5.41, 5.74) is 2.66. The molecule has 0 bridgehead atoms. The van der Waals surface area contributed by atoms with Gasteiger partial charge in [0.15, 0.2) is 12.4 Å². The van der Waals surface area contributed by atoms with Crippen molar-refractivity contribution < 1.29 is 26.8 Å². The van der Waals surface area contributed by atoms with E-state index in [1.54, 1.807) is 0 Å². The Labute approximate surface area is 166 Å². The molecule has 0 saturated carbocycles. The molecule has 1 aliphatic rings. The topological polar surface area (TPSA) is 97.6 Å². The molecule has 3 aromatic rings. The second-order valence-electron chi connectivity index (χ2n) is 6.54. The molecule has 2 aromatic heterocycles. The number of amides is 1. The number of hydrogen-bond acceptors (Lipinski definition) is 6. The van der Waals surface area contributed by atoms with E-state index in [0.717, 1.165) is 35.7 Å². The third-order valence-electron chi connectivity index (χ3n) is 4.79. The normalized spacial score (nSPS) is 19.3. The van der Waals surface area contributed by atoms with Gasteiger partial charge < -0.3 is 10.2 Å². The van der Waals surface area contributed by atoms with E-state index in [4.69, 9.17) is 10.2 Å². The number of aromatic nitrogens is 2. The molecule has 11 heteroatoms. The first kappa shape index (κ1) is 19.6. The Morgan fingerprint density at radius 3 is 2.53 bits per heavy atom. The van der Waals surface area contributed by atoms with Crippen LogP contribution in [0.1, 0.15) is 16.8 Å². The number of benzene rings is 1. The molecular formula is C19H13F4N5O2. The highest BCUT2D eigenvalue weighted by Crippen LogP contribution is 2.41. The first-order valence-corrected chi connectivity index (χ1v) is 8.50. The van der Waals surface area contributed by atoms with Crippen LogP contribution < -0.4 is 5.73 Å². The van der Waals surface area contributed by atoms with Gasteiger partial charge in [0.05, 0.1) is 11.3 Å². The highest BCUT2D eigenvalue weighted by atomic mass is 19.4. The average Bonchev–Trinajstić information content (AvgIpc) is 3.32. The molecule has 0 fully saturated rings. The first-order valence-electron chi connectivity index (χ1n) is 8.50. The van der Waals surface area contributed by atoms with E-state index in [9.17, 15) is 22.4 Å². The zero-order valence-corrected chi connectivity index (χ0v) is 15.3. The van der Waals surface area contributed by atoms with E-state index in [1.165, 1.54) is 25.4 Å². The van der Waals surface area contributed by atoms with Crippen LogP contribution in [0.4, 0.5) is 17.6 Å². The van der Waals surface area contributed by atoms with Gasteiger partial charge in [0, 0.05) is 18.8 Å². The summed E-state index contributed by atoms with van der Waals surface area (Å²) in [5, 5.41) is 0. The van der Waals surface area contributed by atoms with Gasteiger partial charge in [-0.25, -0.2) is 14.4 Å². The summed E-state index contributed by atoms with van der Waals surface area (Å²) < 4.78 is 59.1. The van der Waals surface area contributed by atoms with Gasteiger partial charge in [0.1, 0.15) is 17.8 Å². The smallest absolute Gasteiger partial charge is 0.416 e. The lowest BCUT2D eigenvalue weighted by molar-refractivity contribution is -0.138. The maximum atomic E-state index is 14.4. The molecule has 0 aliphatic carbocycles. The Morgan fingerprint density at radius 2 is 1.93 bits per heavy atom. The minimum absolute atomic E-state index is 0.0243. The second kappa shape index (κ2) is 6.65. The minimum Gasteiger partial charge on any atom is -0.451 e. The molecule has 0 spiro atoms. The van der Waals surface area contributed by atoms with Crippen LogP contribution in [0, 0.1) is 5.82 Å². The van der Waals surface area contributed by atoms with Crippen LogP contribution in [0.3, 0.4) is 0 Å². The van der Waals surface area contributed by atoms with Crippen molar-refractivity contribution in [3.8, 4) is 11.3 Å². The lowest BCUT2D eigenvalue weighted by Crippen LogP contribution is -2.41. The number of nitrogens with two attached hydrogens (primary N) is 1. The lowest BCUT2D eigenvalue weighted by atomic mass is 9.84. The molecule has 0 saturated heterocycles. The van der Waals surface area contributed by atoms with E-state index in [0.29, 0.717) is 0 Å². The number of guanidine groups is 1. The number of pyridine rings is 1. The van der Waals surface area contributed by atoms with Crippen LogP contribution in [0.25, 0.3) is 11.3 Å². The van der Waals surface area contributed by atoms with Crippen molar-refractivity contribution >= 4 is 11.9 Å². The predicted molar refractivity (Wildman–Crippen MR) is 96.3 cm³/mol. The van der Waals surface area contributed by atoms with Crippen molar-refractivity contribution in [3.05, 3.63) is 71.8 Å². The molecule has 2 N–H and O–H groups in total. The zero-order chi connectivity index (χ0) is 21.7. The van der Waals surface area contributed by atoms with Gasteiger partial charge in [0.2, 0.25) is 5.54 Å². The minimum atomic E-state index is -4.67. The molecule has 1 aromatic carbocycles. The summed E-state index contributed by atoms with van der Waals surface area (Å²) >= 11 is 0. The fourth-order valence-electron chi connectivity index (χ4n) is 3.24. The van der Waals surface area contributed by atoms with E-state index < -0.39 is 29.0 Å². The summed E-state index contributed by atoms with van der Waals surface area (Å²) in [6.45, 7) is 0. The molecule has 1 unspecified atom stereocenters. The van der Waals surface area contributed by atoms with Crippen molar-refractivity contribution in [1.29, 1.82) is 0 Å². The first-order chi connectivity index (χ1) is 14.1. The third-order valence-corrected chi connectivity index (χ3v) is 4.79. The van der Waals surface area contributed by atoms with Crippen molar-refractivity contribution in [1.82, 2.24) is 14.9 Å². The molecule has 30 heavy (non-hydrogen) atoms. The number of likely N-dealkylation sites (N-methyl/N-ethyl adjacent to an activating group) is 1. The summed E-state index contributed by atoms with van der Waals surface area (Å²) in [6, 6.07) is 5.08. The van der Waals surface area contributed by atoms with Crippen LogP contribution in [0.2, 0.25) is 0 Å². The van der Waals surface area contributed by atoms with Gasteiger partial charge in [-0.2, -0.15) is 13.2 Å². The number of hydrogen-bond donors (Lipinski definition) is 1. The van der Waals surface area contributed by atoms with Crippen molar-refractivity contribution in [2.45, 2.75) is 11.7 Å². The van der Waals surface area contributed by atoms with Gasteiger partial charge in [0.25, 0.3) is 5.91 Å². The fourth-order valence-corrected chi connectivity index (χ4v) is 3.24. The number of nitrogens with zero attached hydrogens (tertiary/aromatic N) is 4. The Hall–Kier alpha value is -3.76. The Bertz CT molecular complexity index is 1160. The largest absolute Gasteiger partial charge is 0.451 e. The number of aliphatic imine (C=N–C) groups is 1. The average molecular weight is 419 g/mol. The van der Waals surface area contributed by atoms with E-state index in [1.807, 2.05) is 0 Å². The van der Waals surface area contributed by atoms with E-state index >= 15 is 0 Å². The van der Waals surface area contributed by atoms with E-state index in [2.05, 4.69) is 15.0 Å². The van der Waals surface area contributed by atoms with Crippen LogP contribution in [-0.2, 0) is 16.5 Å². The Balaban J connectivity index is 1.99. The summed E-state index contributed by atoms with van der Waals surface area (Å²) in [7, 11) is 1.33. The molecular weight excluding hydrogens is 406 g/mol. The summed E-state index contributed by atoms with van der Waals surface area (Å²) in [5.74, 6) is -1.62. The molecule has 1 atom stereocenters. The van der Waals surface area contributed by atoms with Crippen LogP contribution in [0.5, 0.6) is 0 Å². The fraction of sp³-hybridized carbons (Fsp3) is 0.158. The Morgan fingerprint density at radius 1 is 1.17 bits per heavy atom. The molecule has 7 nitrogen and oxygen atoms in total. The highest BCUT2D eigenvalue weighted by molar-refractivity contribution is 6.08. The zero-order valence-electron chi connectivity index (χ0n) is 15.3. The van der Waals surface area contributed by atoms with Gasteiger partial charge in [-0.1, -0.05) is 6.07 Å². The third kappa shape index (κ3) is 2.90. The van der Waals surface area contributed by atoms with Crippen molar-refractivity contribution in [3.63, 3.8) is 0 Å². The van der Waals surface area contributed by atoms with Gasteiger partial charge in [-0.05, 0) is 29.8 Å². The summed E-state index contributed by atoms with van der Waals surface area (Å²) in [4.78, 5) is 26.2. The lowest BCUT2D eigenvalue weighted by Gasteiger charge is -2.26. The Kier molecular flexibility index (Phi) is 4.33. The number of carbonyl (C=O) groups excluding carboxylic acids is 1. The van der Waals surface area contributed by atoms with E-state index in [-0.39, 0.29) is 28.5 Å². The molecule has 154 valence electrons. The maximum Gasteiger partial charge on any atom is 0.416 e. The molecule has 0 radical (unpaired) electrons. The second-order valence-corrected chi connectivity index (χ2v) is 6.54. The van der Waals surface area contributed by atoms with Gasteiger partial charge in [-0.3, -0.25) is 14.7 Å². The quantitative estimate of drug-likeness (QED) is 0.659. The maximum absolute atomic E-state index is 14.4. The van der Waals surface area contributed by atoms with Gasteiger partial charge in [-0.15, -0.1) is 0 Å². The summed E-state index contributed by atoms with van der Waals surface area (Å²) in [6.07, 6.45) is -1.45. The van der Waals surface area contributed by atoms with Crippen LogP contribution in [-0.4, -0.2) is 33.8 Å². The highest BCUT2D eigenvalue weighted by Gasteiger charge is 2.51. The standard InChI is InChI=1S/C19H13F4N5O2/c1-28-16(29)18(27-17(28)24,15-7-11(4-5-25-15)19(21,22)23)10-2-3-13(20)12(6-10)14-8-30-9-26-14/h2-9H,1H3,(H2,24,27). The number of carbonyl (C=O) groups is 1. The van der Waals surface area contributed by atoms with Crippen LogP contribution in [0.15, 0.2) is 58.6 Å². The van der Waals surface area contributed by atoms with Crippen molar-refractivity contribution in [2.75, 3.05) is 7.05 Å². The number of alkyl halides is 3. The van der Waals surface area contributed by atoms with Crippen molar-refractivity contribution in [2.24, 2.45) is 10.7 Å². The molecule has 1 amide bonds. The van der Waals surface area contributed by atoms with Crippen LogP contribution >= 0.6 is 0 Å². The number of oxazole rings is 1. The monoisotopic (exact) mass is 419 g/mol. The molecule has 4 rings (SSSR count). The van der Waals surface area contributed by atoms with Gasteiger partial charge >= 0.3 is 6.18 Å². The SMILES string of the molecule is CN1C(=O)C(c2ccc(F)c(-c3cocn3)c2)(c2cc(C(F)(F)F)ccn2)N=C1N. The molecule has 1 aliphatic heterocycles. The number of rotatable bonds is 3. The molecule has 3 heterocycles. The predicted octanol–water partition coefficient (Wildman–Crippen LogP) is 2.92. The number of halogens is 4.